The molecule has 0 aromatic heterocycles. The molecule has 0 radical (unpaired) electrons. The summed E-state index contributed by atoms with van der Waals surface area (Å²) in [5.74, 6) is -0.787. The summed E-state index contributed by atoms with van der Waals surface area (Å²) in [5.41, 5.74) is 1.99. The molecular weight excluding hydrogens is 602 g/mol. The number of nitrogens with one attached hydrogen (secondary N) is 1. The molecule has 0 unspecified atom stereocenters. The molecule has 10 heteroatoms. The highest BCUT2D eigenvalue weighted by Crippen LogP contribution is 2.23. The third-order valence-electron chi connectivity index (χ3n) is 6.14. The lowest BCUT2D eigenvalue weighted by atomic mass is 10.0. The summed E-state index contributed by atoms with van der Waals surface area (Å²) in [4.78, 5) is 29.0. The molecule has 0 heterocycles. The normalized spacial score (nSPS) is 12.0. The van der Waals surface area contributed by atoms with Crippen molar-refractivity contribution >= 4 is 55.1 Å². The fourth-order valence-corrected chi connectivity index (χ4v) is 5.45. The Labute approximate surface area is 244 Å². The molecule has 1 atom stereocenters. The number of carbonyl (C=O) groups excluding carboxylic acids is 2. The maximum Gasteiger partial charge on any atom is 0.244 e. The monoisotopic (exact) mass is 633 g/mol. The summed E-state index contributed by atoms with van der Waals surface area (Å²) in [6.07, 6.45) is 3.05. The zero-order valence-electron chi connectivity index (χ0n) is 22.0. The Balaban J connectivity index is 2.02. The molecule has 0 aliphatic heterocycles. The van der Waals surface area contributed by atoms with Crippen LogP contribution in [-0.2, 0) is 32.6 Å². The van der Waals surface area contributed by atoms with Crippen molar-refractivity contribution in [3.8, 4) is 0 Å². The van der Waals surface area contributed by atoms with Crippen LogP contribution in [0.4, 0.5) is 5.69 Å². The fourth-order valence-electron chi connectivity index (χ4n) is 4.09. The van der Waals surface area contributed by atoms with Crippen LogP contribution in [0.1, 0.15) is 30.9 Å². The van der Waals surface area contributed by atoms with Crippen LogP contribution in [-0.4, -0.2) is 50.5 Å². The standard InChI is InChI=1S/C29H33BrClN3O4S/c1-3-4-17-32-29(36)27(18-22-9-6-5-7-10-22)33(20-23-13-15-25(31)16-14-23)28(35)21-34(39(2,37)38)26-12-8-11-24(30)19-26/h5-16,19,27H,3-4,17-18,20-21H2,1-2H3,(H,32,36)/t27-/m0/s1. The molecule has 0 fully saturated rings. The van der Waals surface area contributed by atoms with E-state index in [1.807, 2.05) is 37.3 Å². The largest absolute Gasteiger partial charge is 0.354 e. The van der Waals surface area contributed by atoms with Crippen LogP contribution in [0.3, 0.4) is 0 Å². The number of hydrogen-bond donors (Lipinski definition) is 1. The Morgan fingerprint density at radius 3 is 2.28 bits per heavy atom. The molecule has 0 aliphatic carbocycles. The number of rotatable bonds is 13. The van der Waals surface area contributed by atoms with Crippen molar-refractivity contribution in [2.75, 3.05) is 23.7 Å². The van der Waals surface area contributed by atoms with E-state index in [-0.39, 0.29) is 18.9 Å². The molecule has 39 heavy (non-hydrogen) atoms. The van der Waals surface area contributed by atoms with Gasteiger partial charge in [-0.05, 0) is 47.9 Å². The summed E-state index contributed by atoms with van der Waals surface area (Å²) < 4.78 is 27.4. The first kappa shape index (κ1) is 30.7. The van der Waals surface area contributed by atoms with Gasteiger partial charge in [0.2, 0.25) is 21.8 Å². The van der Waals surface area contributed by atoms with Crippen LogP contribution in [0.2, 0.25) is 5.02 Å². The molecule has 0 saturated carbocycles. The Hall–Kier alpha value is -2.88. The molecule has 0 spiro atoms. The highest BCUT2D eigenvalue weighted by molar-refractivity contribution is 9.10. The van der Waals surface area contributed by atoms with E-state index < -0.39 is 28.5 Å². The van der Waals surface area contributed by atoms with E-state index in [4.69, 9.17) is 11.6 Å². The lowest BCUT2D eigenvalue weighted by Crippen LogP contribution is -2.53. The number of nitrogens with zero attached hydrogens (tertiary/aromatic N) is 2. The number of unbranched alkanes of at least 4 members (excludes halogenated alkanes) is 1. The van der Waals surface area contributed by atoms with Crippen molar-refractivity contribution in [1.29, 1.82) is 0 Å². The maximum atomic E-state index is 14.0. The van der Waals surface area contributed by atoms with Crippen molar-refractivity contribution in [3.05, 3.63) is 99.5 Å². The topological polar surface area (TPSA) is 86.8 Å². The molecule has 3 aromatic rings. The van der Waals surface area contributed by atoms with Gasteiger partial charge in [-0.2, -0.15) is 0 Å². The molecule has 2 amide bonds. The van der Waals surface area contributed by atoms with E-state index in [0.717, 1.165) is 34.5 Å². The van der Waals surface area contributed by atoms with Crippen LogP contribution < -0.4 is 9.62 Å². The van der Waals surface area contributed by atoms with Crippen molar-refractivity contribution in [2.45, 2.75) is 38.8 Å². The van der Waals surface area contributed by atoms with E-state index in [0.29, 0.717) is 21.7 Å². The van der Waals surface area contributed by atoms with Crippen LogP contribution >= 0.6 is 27.5 Å². The van der Waals surface area contributed by atoms with Crippen molar-refractivity contribution < 1.29 is 18.0 Å². The van der Waals surface area contributed by atoms with Crippen molar-refractivity contribution in [3.63, 3.8) is 0 Å². The van der Waals surface area contributed by atoms with Crippen molar-refractivity contribution in [1.82, 2.24) is 10.2 Å². The molecule has 7 nitrogen and oxygen atoms in total. The van der Waals surface area contributed by atoms with Crippen LogP contribution in [0.25, 0.3) is 0 Å². The predicted molar refractivity (Wildman–Crippen MR) is 160 cm³/mol. The molecule has 0 aliphatic rings. The van der Waals surface area contributed by atoms with Gasteiger partial charge in [-0.3, -0.25) is 13.9 Å². The molecule has 3 aromatic carbocycles. The average Bonchev–Trinajstić information content (AvgIpc) is 2.90. The third-order valence-corrected chi connectivity index (χ3v) is 8.03. The summed E-state index contributed by atoms with van der Waals surface area (Å²) >= 11 is 9.45. The second-order valence-electron chi connectivity index (χ2n) is 9.25. The Morgan fingerprint density at radius 1 is 0.974 bits per heavy atom. The predicted octanol–water partition coefficient (Wildman–Crippen LogP) is 5.42. The van der Waals surface area contributed by atoms with Gasteiger partial charge in [-0.25, -0.2) is 8.42 Å². The molecule has 1 N–H and O–H groups in total. The van der Waals surface area contributed by atoms with Gasteiger partial charge < -0.3 is 10.2 Å². The zero-order chi connectivity index (χ0) is 28.4. The second-order valence-corrected chi connectivity index (χ2v) is 12.5. The van der Waals surface area contributed by atoms with Gasteiger partial charge in [0, 0.05) is 29.0 Å². The van der Waals surface area contributed by atoms with Gasteiger partial charge in [-0.1, -0.05) is 89.4 Å². The lowest BCUT2D eigenvalue weighted by Gasteiger charge is -2.33. The molecule has 0 saturated heterocycles. The van der Waals surface area contributed by atoms with Crippen LogP contribution in [0, 0.1) is 0 Å². The zero-order valence-corrected chi connectivity index (χ0v) is 25.2. The minimum Gasteiger partial charge on any atom is -0.354 e. The van der Waals surface area contributed by atoms with E-state index in [1.165, 1.54) is 4.90 Å². The van der Waals surface area contributed by atoms with Gasteiger partial charge in [0.25, 0.3) is 0 Å². The summed E-state index contributed by atoms with van der Waals surface area (Å²) in [6.45, 7) is 2.16. The fraction of sp³-hybridized carbons (Fsp3) is 0.310. The third kappa shape index (κ3) is 9.37. The number of carbonyl (C=O) groups is 2. The van der Waals surface area contributed by atoms with Crippen LogP contribution in [0.15, 0.2) is 83.3 Å². The van der Waals surface area contributed by atoms with Gasteiger partial charge in [0.15, 0.2) is 0 Å². The summed E-state index contributed by atoms with van der Waals surface area (Å²) in [6, 6.07) is 22.4. The highest BCUT2D eigenvalue weighted by Gasteiger charge is 2.33. The first-order chi connectivity index (χ1) is 18.6. The minimum atomic E-state index is -3.82. The number of amides is 2. The first-order valence-electron chi connectivity index (χ1n) is 12.7. The summed E-state index contributed by atoms with van der Waals surface area (Å²) in [5, 5.41) is 3.51. The lowest BCUT2D eigenvalue weighted by molar-refractivity contribution is -0.140. The second kappa shape index (κ2) is 14.5. The highest BCUT2D eigenvalue weighted by atomic mass is 79.9. The molecule has 0 bridgehead atoms. The quantitative estimate of drug-likeness (QED) is 0.254. The SMILES string of the molecule is CCCCNC(=O)[C@H](Cc1ccccc1)N(Cc1ccc(Cl)cc1)C(=O)CN(c1cccc(Br)c1)S(C)(=O)=O. The van der Waals surface area contributed by atoms with E-state index in [9.17, 15) is 18.0 Å². The van der Waals surface area contributed by atoms with Crippen LogP contribution in [0.5, 0.6) is 0 Å². The van der Waals surface area contributed by atoms with E-state index >= 15 is 0 Å². The first-order valence-corrected chi connectivity index (χ1v) is 15.7. The van der Waals surface area contributed by atoms with E-state index in [1.54, 1.807) is 48.5 Å². The molecular formula is C29H33BrClN3O4S. The Morgan fingerprint density at radius 2 is 1.67 bits per heavy atom. The number of hydrogen-bond acceptors (Lipinski definition) is 4. The van der Waals surface area contributed by atoms with Crippen molar-refractivity contribution in [2.24, 2.45) is 0 Å². The Kier molecular flexibility index (Phi) is 11.4. The van der Waals surface area contributed by atoms with Gasteiger partial charge in [0.05, 0.1) is 11.9 Å². The van der Waals surface area contributed by atoms with Gasteiger partial charge in [0.1, 0.15) is 12.6 Å². The van der Waals surface area contributed by atoms with Gasteiger partial charge >= 0.3 is 0 Å². The van der Waals surface area contributed by atoms with Gasteiger partial charge in [-0.15, -0.1) is 0 Å². The summed E-state index contributed by atoms with van der Waals surface area (Å²) in [7, 11) is -3.82. The number of halogens is 2. The minimum absolute atomic E-state index is 0.102. The number of benzene rings is 3. The number of sulfonamides is 1. The number of anilines is 1. The smallest absolute Gasteiger partial charge is 0.244 e. The Bertz CT molecular complexity index is 1350. The molecule has 3 rings (SSSR count). The van der Waals surface area contributed by atoms with E-state index in [2.05, 4.69) is 21.2 Å². The molecule has 208 valence electrons. The maximum absolute atomic E-state index is 14.0. The average molecular weight is 635 g/mol.